The molecule has 190 valence electrons. The van der Waals surface area contributed by atoms with Crippen LogP contribution in [0, 0.1) is 6.92 Å². The lowest BCUT2D eigenvalue weighted by atomic mass is 9.97. The Balaban J connectivity index is 1.57. The fraction of sp³-hybridized carbons (Fsp3) is 0.192. The number of aryl methyl sites for hydroxylation is 1. The highest BCUT2D eigenvalue weighted by Gasteiger charge is 2.36. The number of carbonyl (C=O) groups is 2. The lowest BCUT2D eigenvalue weighted by molar-refractivity contribution is -0.141. The minimum Gasteiger partial charge on any atom is -0.480 e. The Morgan fingerprint density at radius 1 is 1.14 bits per heavy atom. The minimum atomic E-state index is -4.74. The topological polar surface area (TPSA) is 101 Å². The molecule has 0 saturated carbocycles. The molecule has 7 nitrogen and oxygen atoms in total. The van der Waals surface area contributed by atoms with Crippen LogP contribution in [0.1, 0.15) is 22.4 Å². The Morgan fingerprint density at radius 3 is 2.38 bits per heavy atom. The van der Waals surface area contributed by atoms with Crippen molar-refractivity contribution in [1.29, 1.82) is 0 Å². The highest BCUT2D eigenvalue weighted by Crippen LogP contribution is 2.36. The molecule has 2 N–H and O–H groups in total. The van der Waals surface area contributed by atoms with Gasteiger partial charge < -0.3 is 15.0 Å². The Bertz CT molecular complexity index is 1530. The van der Waals surface area contributed by atoms with Crippen molar-refractivity contribution >= 4 is 40.4 Å². The molecule has 0 aliphatic carbocycles. The predicted molar refractivity (Wildman–Crippen MR) is 135 cm³/mol. The van der Waals surface area contributed by atoms with Crippen LogP contribution in [0.25, 0.3) is 11.1 Å². The molecule has 11 heteroatoms. The molecule has 2 heterocycles. The number of fused-ring (bicyclic) bond motifs is 1. The van der Waals surface area contributed by atoms with Crippen LogP contribution in [0.4, 0.5) is 18.9 Å². The molecule has 1 unspecified atom stereocenters. The standard InChI is InChI=1S/C26H20F3N3O4S/c1-13-11-17(26(27,28)29)20(24(34)32(13)2)15-9-7-14(8-10-15)12-19(25(35)36)31-23(33)21-22(37)16-5-3-4-6-18(16)30-21/h3-11,19H,12H2,1-2H3,(H,31,33)(H,35,36). The highest BCUT2D eigenvalue weighted by molar-refractivity contribution is 7.83. The first-order valence-corrected chi connectivity index (χ1v) is 11.4. The van der Waals surface area contributed by atoms with Crippen molar-refractivity contribution in [2.45, 2.75) is 25.6 Å². The maximum absolute atomic E-state index is 13.7. The Kier molecular flexibility index (Phi) is 6.83. The number of aliphatic carboxylic acids is 1. The second-order valence-corrected chi connectivity index (χ2v) is 8.92. The zero-order valence-corrected chi connectivity index (χ0v) is 20.4. The van der Waals surface area contributed by atoms with Gasteiger partial charge in [0.1, 0.15) is 11.8 Å². The van der Waals surface area contributed by atoms with Crippen molar-refractivity contribution in [3.05, 3.63) is 87.3 Å². The van der Waals surface area contributed by atoms with Gasteiger partial charge in [-0.05, 0) is 30.2 Å². The summed E-state index contributed by atoms with van der Waals surface area (Å²) in [6.07, 6.45) is -4.90. The number of aliphatic imine (C=N–C) groups is 1. The molecule has 0 saturated heterocycles. The number of benzene rings is 2. The van der Waals surface area contributed by atoms with E-state index in [1.54, 1.807) is 24.3 Å². The number of nitrogens with one attached hydrogen (secondary N) is 1. The average molecular weight is 528 g/mol. The molecule has 0 radical (unpaired) electrons. The normalized spacial score (nSPS) is 13.6. The largest absolute Gasteiger partial charge is 0.480 e. The monoisotopic (exact) mass is 527 g/mol. The van der Waals surface area contributed by atoms with Crippen LogP contribution >= 0.6 is 12.2 Å². The van der Waals surface area contributed by atoms with Gasteiger partial charge in [-0.3, -0.25) is 9.59 Å². The van der Waals surface area contributed by atoms with Gasteiger partial charge in [-0.25, -0.2) is 9.79 Å². The number of rotatable bonds is 6. The summed E-state index contributed by atoms with van der Waals surface area (Å²) in [5.74, 6) is -2.06. The molecular weight excluding hydrogens is 507 g/mol. The maximum atomic E-state index is 13.7. The molecule has 3 aromatic rings. The van der Waals surface area contributed by atoms with Gasteiger partial charge in [0.05, 0.1) is 21.7 Å². The van der Waals surface area contributed by atoms with Crippen molar-refractivity contribution in [1.82, 2.24) is 9.88 Å². The van der Waals surface area contributed by atoms with E-state index in [2.05, 4.69) is 10.3 Å². The van der Waals surface area contributed by atoms with Gasteiger partial charge in [0.2, 0.25) is 0 Å². The fourth-order valence-corrected chi connectivity index (χ4v) is 4.32. The van der Waals surface area contributed by atoms with Crippen LogP contribution in [0.5, 0.6) is 0 Å². The van der Waals surface area contributed by atoms with Crippen LogP contribution in [0.3, 0.4) is 0 Å². The van der Waals surface area contributed by atoms with Gasteiger partial charge in [-0.2, -0.15) is 13.2 Å². The Labute approximate surface area is 214 Å². The molecule has 1 atom stereocenters. The summed E-state index contributed by atoms with van der Waals surface area (Å²) in [5, 5.41) is 12.1. The molecule has 4 rings (SSSR count). The summed E-state index contributed by atoms with van der Waals surface area (Å²) in [5.41, 5.74) is -0.673. The van der Waals surface area contributed by atoms with E-state index in [1.165, 1.54) is 38.2 Å². The number of hydrogen-bond donors (Lipinski definition) is 2. The first-order chi connectivity index (χ1) is 17.4. The number of halogens is 3. The third-order valence-electron chi connectivity index (χ3n) is 6.07. The molecule has 1 amide bonds. The number of thiocarbonyl (C=S) groups is 1. The molecule has 37 heavy (non-hydrogen) atoms. The molecule has 0 spiro atoms. The van der Waals surface area contributed by atoms with Gasteiger partial charge >= 0.3 is 12.1 Å². The van der Waals surface area contributed by atoms with E-state index in [9.17, 15) is 32.7 Å². The van der Waals surface area contributed by atoms with Gasteiger partial charge in [-0.15, -0.1) is 0 Å². The molecule has 1 aliphatic rings. The second kappa shape index (κ2) is 9.74. The molecule has 1 aromatic heterocycles. The molecule has 2 aromatic carbocycles. The van der Waals surface area contributed by atoms with Crippen LogP contribution < -0.4 is 10.9 Å². The summed E-state index contributed by atoms with van der Waals surface area (Å²) in [6, 6.07) is 11.9. The lowest BCUT2D eigenvalue weighted by Crippen LogP contribution is -2.46. The lowest BCUT2D eigenvalue weighted by Gasteiger charge is -2.17. The van der Waals surface area contributed by atoms with Crippen molar-refractivity contribution in [3.8, 4) is 11.1 Å². The van der Waals surface area contributed by atoms with E-state index in [0.29, 0.717) is 16.8 Å². The molecule has 1 aliphatic heterocycles. The quantitative estimate of drug-likeness (QED) is 0.472. The smallest absolute Gasteiger partial charge is 0.417 e. The second-order valence-electron chi connectivity index (χ2n) is 8.51. The van der Waals surface area contributed by atoms with Crippen LogP contribution in [-0.2, 0) is 29.2 Å². The number of carboxylic acid groups (broad SMARTS) is 1. The summed E-state index contributed by atoms with van der Waals surface area (Å²) in [7, 11) is 1.38. The van der Waals surface area contributed by atoms with Gasteiger partial charge in [0, 0.05) is 24.7 Å². The number of aromatic nitrogens is 1. The number of carboxylic acids is 1. The van der Waals surface area contributed by atoms with E-state index in [1.807, 2.05) is 0 Å². The molecule has 0 fully saturated rings. The minimum absolute atomic E-state index is 0.0380. The van der Waals surface area contributed by atoms with E-state index >= 15 is 0 Å². The van der Waals surface area contributed by atoms with Crippen LogP contribution in [0.15, 0.2) is 64.4 Å². The van der Waals surface area contributed by atoms with Crippen LogP contribution in [0.2, 0.25) is 0 Å². The number of para-hydroxylation sites is 1. The Morgan fingerprint density at radius 2 is 1.78 bits per heavy atom. The third kappa shape index (κ3) is 5.08. The summed E-state index contributed by atoms with van der Waals surface area (Å²) >= 11 is 5.30. The number of pyridine rings is 1. The number of alkyl halides is 3. The van der Waals surface area contributed by atoms with Crippen molar-refractivity contribution in [2.75, 3.05) is 0 Å². The average Bonchev–Trinajstić information content (AvgIpc) is 3.18. The fourth-order valence-electron chi connectivity index (χ4n) is 4.01. The van der Waals surface area contributed by atoms with Crippen molar-refractivity contribution in [3.63, 3.8) is 0 Å². The van der Waals surface area contributed by atoms with Gasteiger partial charge in [-0.1, -0.05) is 54.7 Å². The van der Waals surface area contributed by atoms with E-state index < -0.39 is 40.8 Å². The Hall–Kier alpha value is -4.12. The van der Waals surface area contributed by atoms with Crippen molar-refractivity contribution in [2.24, 2.45) is 12.0 Å². The zero-order valence-electron chi connectivity index (χ0n) is 19.6. The first kappa shape index (κ1) is 26.0. The molecular formula is C26H20F3N3O4S. The number of amides is 1. The number of nitrogens with zero attached hydrogens (tertiary/aromatic N) is 2. The summed E-state index contributed by atoms with van der Waals surface area (Å²) < 4.78 is 42.1. The summed E-state index contributed by atoms with van der Waals surface area (Å²) in [6.45, 7) is 1.41. The van der Waals surface area contributed by atoms with E-state index in [-0.39, 0.29) is 28.3 Å². The first-order valence-electron chi connectivity index (χ1n) is 11.0. The van der Waals surface area contributed by atoms with E-state index in [4.69, 9.17) is 12.2 Å². The highest BCUT2D eigenvalue weighted by atomic mass is 32.1. The number of carbonyl (C=O) groups excluding carboxylic acids is 1. The van der Waals surface area contributed by atoms with Crippen molar-refractivity contribution < 1.29 is 27.9 Å². The predicted octanol–water partition coefficient (Wildman–Crippen LogP) is 4.00. The number of hydrogen-bond acceptors (Lipinski definition) is 5. The zero-order chi connectivity index (χ0) is 27.1. The summed E-state index contributed by atoms with van der Waals surface area (Å²) in [4.78, 5) is 41.7. The molecule has 0 bridgehead atoms. The van der Waals surface area contributed by atoms with Gasteiger partial charge in [0.15, 0.2) is 0 Å². The SMILES string of the molecule is Cc1cc(C(F)(F)F)c(-c2ccc(CC(NC(=O)C3=Nc4ccccc4C3=S)C(=O)O)cc2)c(=O)n1C. The van der Waals surface area contributed by atoms with Gasteiger partial charge in [0.25, 0.3) is 11.5 Å². The van der Waals surface area contributed by atoms with Crippen LogP contribution in [-0.4, -0.2) is 38.2 Å². The van der Waals surface area contributed by atoms with E-state index in [0.717, 1.165) is 10.6 Å². The third-order valence-corrected chi connectivity index (χ3v) is 6.49. The maximum Gasteiger partial charge on any atom is 0.417 e.